The van der Waals surface area contributed by atoms with Crippen molar-refractivity contribution in [1.82, 2.24) is 25.1 Å². The van der Waals surface area contributed by atoms with Crippen LogP contribution in [0.2, 0.25) is 0 Å². The maximum atomic E-state index is 12.5. The van der Waals surface area contributed by atoms with Gasteiger partial charge in [-0.2, -0.15) is 4.98 Å². The van der Waals surface area contributed by atoms with Gasteiger partial charge in [-0.3, -0.25) is 9.59 Å². The summed E-state index contributed by atoms with van der Waals surface area (Å²) in [5.41, 5.74) is 3.63. The van der Waals surface area contributed by atoms with Gasteiger partial charge in [0.05, 0.1) is 25.4 Å². The third-order valence-electron chi connectivity index (χ3n) is 6.55. The second kappa shape index (κ2) is 16.1. The summed E-state index contributed by atoms with van der Waals surface area (Å²) in [7, 11) is 7.10. The van der Waals surface area contributed by atoms with E-state index in [0.29, 0.717) is 55.7 Å². The second-order valence-corrected chi connectivity index (χ2v) is 10.2. The van der Waals surface area contributed by atoms with Crippen LogP contribution in [0.5, 0.6) is 0 Å². The minimum Gasteiger partial charge on any atom is -0.481 e. The first-order valence-electron chi connectivity index (χ1n) is 14.2. The molecular weight excluding hydrogens is 532 g/mol. The van der Waals surface area contributed by atoms with Crippen LogP contribution in [0.15, 0.2) is 41.5 Å². The zero-order chi connectivity index (χ0) is 30.5. The number of carbonyl (C=O) groups is 2. The lowest BCUT2D eigenvalue weighted by atomic mass is 10.1. The molecule has 0 fully saturated rings. The molecule has 0 radical (unpaired) electrons. The Labute approximate surface area is 248 Å². The highest BCUT2D eigenvalue weighted by Gasteiger charge is 2.20. The van der Waals surface area contributed by atoms with E-state index < -0.39 is 6.04 Å². The lowest BCUT2D eigenvalue weighted by Crippen LogP contribution is -2.45. The molecule has 2 aromatic rings. The summed E-state index contributed by atoms with van der Waals surface area (Å²) in [6.07, 6.45) is 7.18. The highest BCUT2D eigenvalue weighted by atomic mass is 16.5. The van der Waals surface area contributed by atoms with Gasteiger partial charge in [0.1, 0.15) is 11.9 Å². The second-order valence-electron chi connectivity index (χ2n) is 10.2. The number of aromatic nitrogens is 2. The van der Waals surface area contributed by atoms with Crippen LogP contribution in [-0.4, -0.2) is 91.4 Å². The summed E-state index contributed by atoms with van der Waals surface area (Å²) < 4.78 is 5.37. The summed E-state index contributed by atoms with van der Waals surface area (Å²) in [6.45, 7) is 6.30. The summed E-state index contributed by atoms with van der Waals surface area (Å²) in [4.78, 5) is 41.7. The summed E-state index contributed by atoms with van der Waals surface area (Å²) in [5, 5.41) is 9.49. The van der Waals surface area contributed by atoms with Gasteiger partial charge >= 0.3 is 0 Å². The fourth-order valence-electron chi connectivity index (χ4n) is 3.99. The van der Waals surface area contributed by atoms with Crippen molar-refractivity contribution < 1.29 is 14.3 Å². The smallest absolute Gasteiger partial charge is 0.246 e. The number of ether oxygens (including phenoxy) is 1. The van der Waals surface area contributed by atoms with Crippen molar-refractivity contribution in [3.05, 3.63) is 53.2 Å². The number of hydrogen-bond acceptors (Lipinski definition) is 9. The molecule has 0 unspecified atom stereocenters. The Balaban J connectivity index is 1.53. The van der Waals surface area contributed by atoms with E-state index in [1.54, 1.807) is 33.4 Å². The Kier molecular flexibility index (Phi) is 12.3. The third-order valence-corrected chi connectivity index (χ3v) is 6.55. The number of rotatable bonds is 13. The van der Waals surface area contributed by atoms with Crippen LogP contribution in [0, 0.1) is 11.8 Å². The van der Waals surface area contributed by atoms with E-state index >= 15 is 0 Å². The van der Waals surface area contributed by atoms with Gasteiger partial charge in [-0.1, -0.05) is 30.9 Å². The average molecular weight is 575 g/mol. The maximum Gasteiger partial charge on any atom is 0.246 e. The molecule has 3 rings (SSSR count). The van der Waals surface area contributed by atoms with Crippen LogP contribution in [0.3, 0.4) is 0 Å². The van der Waals surface area contributed by atoms with Gasteiger partial charge in [0, 0.05) is 50.4 Å². The van der Waals surface area contributed by atoms with Crippen LogP contribution < -0.4 is 16.0 Å². The number of fused-ring (bicyclic) bond motifs is 1. The Morgan fingerprint density at radius 3 is 2.76 bits per heavy atom. The number of aliphatic imine (C=N–C) groups is 1. The molecule has 2 amide bonds. The molecule has 0 bridgehead atoms. The third kappa shape index (κ3) is 9.31. The molecule has 1 aliphatic heterocycles. The van der Waals surface area contributed by atoms with Crippen molar-refractivity contribution >= 4 is 35.2 Å². The topological polar surface area (TPSA) is 124 Å². The van der Waals surface area contributed by atoms with Gasteiger partial charge < -0.3 is 30.5 Å². The van der Waals surface area contributed by atoms with E-state index in [1.807, 2.05) is 37.2 Å². The average Bonchev–Trinajstić information content (AvgIpc) is 3.39. The van der Waals surface area contributed by atoms with Gasteiger partial charge in [0.15, 0.2) is 0 Å². The monoisotopic (exact) mass is 574 g/mol. The van der Waals surface area contributed by atoms with Crippen molar-refractivity contribution in [1.29, 1.82) is 0 Å². The molecule has 2 heterocycles. The van der Waals surface area contributed by atoms with Gasteiger partial charge in [-0.15, -0.1) is 0 Å². The number of methoxy groups -OCH3 is 1. The molecule has 224 valence electrons. The molecule has 1 aromatic carbocycles. The van der Waals surface area contributed by atoms with Crippen LogP contribution in [0.4, 0.5) is 17.5 Å². The van der Waals surface area contributed by atoms with Crippen molar-refractivity contribution in [2.75, 3.05) is 58.5 Å². The fraction of sp³-hybridized carbons (Fsp3) is 0.452. The van der Waals surface area contributed by atoms with E-state index in [-0.39, 0.29) is 11.8 Å². The molecule has 1 aliphatic rings. The minimum atomic E-state index is -0.573. The number of carbonyl (C=O) groups excluding carboxylic acids is 2. The zero-order valence-electron chi connectivity index (χ0n) is 25.5. The first-order chi connectivity index (χ1) is 20.2. The fourth-order valence-corrected chi connectivity index (χ4v) is 3.99. The van der Waals surface area contributed by atoms with E-state index in [1.165, 1.54) is 11.0 Å². The minimum absolute atomic E-state index is 0.198. The first kappa shape index (κ1) is 32.1. The van der Waals surface area contributed by atoms with Gasteiger partial charge in [0.25, 0.3) is 0 Å². The van der Waals surface area contributed by atoms with E-state index in [4.69, 9.17) is 4.74 Å². The number of hydrogen-bond donors (Lipinski definition) is 3. The Bertz CT molecular complexity index is 1360. The normalized spacial score (nSPS) is 12.7. The number of amides is 2. The number of benzene rings is 1. The standard InChI is InChI=1S/C31H42N8O3/c1-7-16-32-28-24(21-35-31(37-28)36-25-15-14-23-20-34-30(42-6)26(23)19-25)12-9-8-10-17-33-29(41)22(2)39(5)27(40)13-11-18-38(3)4/h11,13-15,19,21-22H,7-8,10,16-18,20H2,1-6H3,(H,33,41)(H2,32,35,36,37)/b13-11+/t22-/m0/s1. The molecule has 0 saturated heterocycles. The maximum absolute atomic E-state index is 12.5. The summed E-state index contributed by atoms with van der Waals surface area (Å²) >= 11 is 0. The number of nitrogens with zero attached hydrogens (tertiary/aromatic N) is 5. The predicted molar refractivity (Wildman–Crippen MR) is 167 cm³/mol. The van der Waals surface area contributed by atoms with Crippen LogP contribution >= 0.6 is 0 Å². The molecular formula is C31H42N8O3. The number of likely N-dealkylation sites (N-methyl/N-ethyl adjacent to an activating group) is 2. The summed E-state index contributed by atoms with van der Waals surface area (Å²) in [5.74, 6) is 7.67. The Morgan fingerprint density at radius 1 is 1.21 bits per heavy atom. The molecule has 11 nitrogen and oxygen atoms in total. The van der Waals surface area contributed by atoms with Crippen molar-refractivity contribution in [2.24, 2.45) is 4.99 Å². The highest BCUT2D eigenvalue weighted by Crippen LogP contribution is 2.25. The quantitative estimate of drug-likeness (QED) is 0.189. The molecule has 0 saturated carbocycles. The highest BCUT2D eigenvalue weighted by molar-refractivity contribution is 5.98. The predicted octanol–water partition coefficient (Wildman–Crippen LogP) is 3.16. The zero-order valence-corrected chi connectivity index (χ0v) is 25.5. The largest absolute Gasteiger partial charge is 0.481 e. The lowest BCUT2D eigenvalue weighted by Gasteiger charge is -2.23. The van der Waals surface area contributed by atoms with E-state index in [2.05, 4.69) is 49.7 Å². The van der Waals surface area contributed by atoms with E-state index in [0.717, 1.165) is 29.8 Å². The summed E-state index contributed by atoms with van der Waals surface area (Å²) in [6, 6.07) is 5.41. The molecule has 11 heteroatoms. The SMILES string of the molecule is CCCNc1nc(Nc2ccc3c(c2)C(OC)=NC3)ncc1C#CCCCNC(=O)[C@H](C)N(C)C(=O)/C=C/CN(C)C. The van der Waals surface area contributed by atoms with Crippen LogP contribution in [0.25, 0.3) is 0 Å². The molecule has 3 N–H and O–H groups in total. The van der Waals surface area contributed by atoms with Crippen LogP contribution in [0.1, 0.15) is 49.8 Å². The van der Waals surface area contributed by atoms with Crippen molar-refractivity contribution in [3.8, 4) is 11.8 Å². The van der Waals surface area contributed by atoms with Crippen LogP contribution in [-0.2, 0) is 20.9 Å². The van der Waals surface area contributed by atoms with Crippen molar-refractivity contribution in [2.45, 2.75) is 45.7 Å². The van der Waals surface area contributed by atoms with Crippen molar-refractivity contribution in [3.63, 3.8) is 0 Å². The molecule has 42 heavy (non-hydrogen) atoms. The van der Waals surface area contributed by atoms with E-state index in [9.17, 15) is 9.59 Å². The van der Waals surface area contributed by atoms with Gasteiger partial charge in [-0.05, 0) is 51.6 Å². The number of nitrogens with one attached hydrogen (secondary N) is 3. The number of anilines is 3. The Hall–Kier alpha value is -4.43. The molecule has 0 spiro atoms. The van der Waals surface area contributed by atoms with Gasteiger partial charge in [0.2, 0.25) is 23.7 Å². The van der Waals surface area contributed by atoms with Gasteiger partial charge in [-0.25, -0.2) is 9.98 Å². The lowest BCUT2D eigenvalue weighted by molar-refractivity contribution is -0.135. The number of unbranched alkanes of at least 4 members (excludes halogenated alkanes) is 1. The molecule has 1 aromatic heterocycles. The first-order valence-corrected chi connectivity index (χ1v) is 14.2. The molecule has 1 atom stereocenters. The Morgan fingerprint density at radius 2 is 2.02 bits per heavy atom. The molecule has 0 aliphatic carbocycles.